The van der Waals surface area contributed by atoms with Crippen molar-refractivity contribution in [1.82, 2.24) is 0 Å². The second kappa shape index (κ2) is 4.35. The van der Waals surface area contributed by atoms with E-state index in [1.165, 1.54) is 10.8 Å². The van der Waals surface area contributed by atoms with Crippen LogP contribution in [0.5, 0.6) is 5.75 Å². The molecule has 0 saturated carbocycles. The summed E-state index contributed by atoms with van der Waals surface area (Å²) in [5.41, 5.74) is 2.13. The summed E-state index contributed by atoms with van der Waals surface area (Å²) < 4.78 is 0. The molecule has 88 valence electrons. The van der Waals surface area contributed by atoms with Crippen LogP contribution in [0.3, 0.4) is 0 Å². The Kier molecular flexibility index (Phi) is 2.69. The van der Waals surface area contributed by atoms with Gasteiger partial charge in [-0.15, -0.1) is 0 Å². The van der Waals surface area contributed by atoms with Crippen LogP contribution in [-0.2, 0) is 0 Å². The fraction of sp³-hybridized carbons (Fsp3) is 0. The first kappa shape index (κ1) is 11.1. The van der Waals surface area contributed by atoms with Crippen LogP contribution >= 0.6 is 11.6 Å². The zero-order valence-corrected chi connectivity index (χ0v) is 10.4. The van der Waals surface area contributed by atoms with Gasteiger partial charge in [0.1, 0.15) is 5.75 Å². The summed E-state index contributed by atoms with van der Waals surface area (Å²) in [6, 6.07) is 19.7. The van der Waals surface area contributed by atoms with E-state index in [0.717, 1.165) is 11.1 Å². The Morgan fingerprint density at radius 1 is 0.833 bits per heavy atom. The monoisotopic (exact) mass is 254 g/mol. The Labute approximate surface area is 110 Å². The average molecular weight is 255 g/mol. The molecule has 0 spiro atoms. The number of rotatable bonds is 1. The van der Waals surface area contributed by atoms with Crippen molar-refractivity contribution in [2.45, 2.75) is 0 Å². The molecule has 0 radical (unpaired) electrons. The molecule has 3 aromatic carbocycles. The van der Waals surface area contributed by atoms with Crippen LogP contribution in [0, 0.1) is 0 Å². The van der Waals surface area contributed by atoms with Crippen LogP contribution in [0.2, 0.25) is 5.02 Å². The maximum Gasteiger partial charge on any atom is 0.134 e. The quantitative estimate of drug-likeness (QED) is 0.657. The van der Waals surface area contributed by atoms with Gasteiger partial charge in [-0.1, -0.05) is 60.1 Å². The van der Waals surface area contributed by atoms with E-state index in [-0.39, 0.29) is 5.75 Å². The van der Waals surface area contributed by atoms with E-state index in [9.17, 15) is 5.11 Å². The van der Waals surface area contributed by atoms with Crippen molar-refractivity contribution in [2.24, 2.45) is 0 Å². The maximum atomic E-state index is 9.47. The molecule has 0 aromatic heterocycles. The summed E-state index contributed by atoms with van der Waals surface area (Å²) in [6.45, 7) is 0. The summed E-state index contributed by atoms with van der Waals surface area (Å²) in [5, 5.41) is 12.2. The molecule has 3 aromatic rings. The number of aromatic hydroxyl groups is 1. The van der Waals surface area contributed by atoms with E-state index >= 15 is 0 Å². The Morgan fingerprint density at radius 3 is 2.44 bits per heavy atom. The number of phenolic OH excluding ortho intramolecular Hbond substituents is 1. The van der Waals surface area contributed by atoms with Gasteiger partial charge in [-0.2, -0.15) is 0 Å². The first-order chi connectivity index (χ1) is 8.75. The highest BCUT2D eigenvalue weighted by atomic mass is 35.5. The predicted molar refractivity (Wildman–Crippen MR) is 76.1 cm³/mol. The predicted octanol–water partition coefficient (Wildman–Crippen LogP) is 4.87. The third-order valence-corrected chi connectivity index (χ3v) is 3.35. The zero-order chi connectivity index (χ0) is 12.5. The SMILES string of the molecule is Oc1ccc(-c2cccc3ccccc23)cc1Cl. The van der Waals surface area contributed by atoms with Crippen LogP contribution in [0.1, 0.15) is 0 Å². The van der Waals surface area contributed by atoms with Crippen LogP contribution in [0.4, 0.5) is 0 Å². The maximum absolute atomic E-state index is 9.47. The molecule has 0 atom stereocenters. The summed E-state index contributed by atoms with van der Waals surface area (Å²) >= 11 is 5.96. The van der Waals surface area contributed by atoms with Crippen molar-refractivity contribution >= 4 is 22.4 Å². The third kappa shape index (κ3) is 1.83. The standard InChI is InChI=1S/C16H11ClO/c17-15-10-12(8-9-16(15)18)14-7-3-5-11-4-1-2-6-13(11)14/h1-10,18H. The van der Waals surface area contributed by atoms with Crippen LogP contribution in [-0.4, -0.2) is 5.11 Å². The fourth-order valence-corrected chi connectivity index (χ4v) is 2.33. The van der Waals surface area contributed by atoms with Gasteiger partial charge in [-0.05, 0) is 34.0 Å². The minimum Gasteiger partial charge on any atom is -0.506 e. The average Bonchev–Trinajstić information content (AvgIpc) is 2.41. The van der Waals surface area contributed by atoms with E-state index in [4.69, 9.17) is 11.6 Å². The van der Waals surface area contributed by atoms with Gasteiger partial charge >= 0.3 is 0 Å². The van der Waals surface area contributed by atoms with Gasteiger partial charge in [0.2, 0.25) is 0 Å². The molecule has 0 fully saturated rings. The van der Waals surface area contributed by atoms with Gasteiger partial charge in [0.15, 0.2) is 0 Å². The molecule has 3 rings (SSSR count). The lowest BCUT2D eigenvalue weighted by Gasteiger charge is -2.07. The molecule has 0 heterocycles. The molecule has 0 aliphatic carbocycles. The second-order valence-electron chi connectivity index (χ2n) is 4.19. The molecular formula is C16H11ClO. The first-order valence-corrected chi connectivity index (χ1v) is 6.10. The summed E-state index contributed by atoms with van der Waals surface area (Å²) in [7, 11) is 0. The Balaban J connectivity index is 2.28. The molecule has 0 unspecified atom stereocenters. The highest BCUT2D eigenvalue weighted by Crippen LogP contribution is 2.33. The Bertz CT molecular complexity index is 714. The topological polar surface area (TPSA) is 20.2 Å². The molecule has 0 aliphatic rings. The van der Waals surface area contributed by atoms with E-state index < -0.39 is 0 Å². The molecule has 0 saturated heterocycles. The number of benzene rings is 3. The molecule has 0 bridgehead atoms. The molecule has 1 nitrogen and oxygen atoms in total. The van der Waals surface area contributed by atoms with Crippen LogP contribution in [0.25, 0.3) is 21.9 Å². The van der Waals surface area contributed by atoms with E-state index in [0.29, 0.717) is 5.02 Å². The van der Waals surface area contributed by atoms with Gasteiger partial charge in [0.05, 0.1) is 5.02 Å². The van der Waals surface area contributed by atoms with Crippen molar-refractivity contribution in [3.8, 4) is 16.9 Å². The van der Waals surface area contributed by atoms with Gasteiger partial charge in [-0.3, -0.25) is 0 Å². The molecule has 2 heteroatoms. The van der Waals surface area contributed by atoms with Crippen molar-refractivity contribution in [1.29, 1.82) is 0 Å². The summed E-state index contributed by atoms with van der Waals surface area (Å²) in [5.74, 6) is 0.112. The van der Waals surface area contributed by atoms with E-state index in [1.807, 2.05) is 24.3 Å². The summed E-state index contributed by atoms with van der Waals surface area (Å²) in [4.78, 5) is 0. The highest BCUT2D eigenvalue weighted by Gasteiger charge is 2.05. The largest absolute Gasteiger partial charge is 0.506 e. The number of hydrogen-bond acceptors (Lipinski definition) is 1. The first-order valence-electron chi connectivity index (χ1n) is 5.72. The van der Waals surface area contributed by atoms with Crippen molar-refractivity contribution < 1.29 is 5.11 Å². The lowest BCUT2D eigenvalue weighted by atomic mass is 9.98. The number of halogens is 1. The van der Waals surface area contributed by atoms with Crippen molar-refractivity contribution in [2.75, 3.05) is 0 Å². The number of fused-ring (bicyclic) bond motifs is 1. The minimum atomic E-state index is 0.112. The van der Waals surface area contributed by atoms with Crippen LogP contribution in [0.15, 0.2) is 60.7 Å². The molecule has 1 N–H and O–H groups in total. The molecule has 0 aliphatic heterocycles. The number of hydrogen-bond donors (Lipinski definition) is 1. The van der Waals surface area contributed by atoms with Gasteiger partial charge < -0.3 is 5.11 Å². The van der Waals surface area contributed by atoms with Gasteiger partial charge in [-0.25, -0.2) is 0 Å². The highest BCUT2D eigenvalue weighted by molar-refractivity contribution is 6.32. The minimum absolute atomic E-state index is 0.112. The number of phenols is 1. The molecular weight excluding hydrogens is 244 g/mol. The third-order valence-electron chi connectivity index (χ3n) is 3.05. The van der Waals surface area contributed by atoms with Crippen LogP contribution < -0.4 is 0 Å². The van der Waals surface area contributed by atoms with Gasteiger partial charge in [0, 0.05) is 0 Å². The second-order valence-corrected chi connectivity index (χ2v) is 4.60. The van der Waals surface area contributed by atoms with Crippen molar-refractivity contribution in [3.05, 3.63) is 65.7 Å². The lowest BCUT2D eigenvalue weighted by Crippen LogP contribution is -1.81. The van der Waals surface area contributed by atoms with E-state index in [2.05, 4.69) is 24.3 Å². The Morgan fingerprint density at radius 2 is 1.61 bits per heavy atom. The van der Waals surface area contributed by atoms with E-state index in [1.54, 1.807) is 12.1 Å². The zero-order valence-electron chi connectivity index (χ0n) is 9.60. The molecule has 18 heavy (non-hydrogen) atoms. The smallest absolute Gasteiger partial charge is 0.134 e. The lowest BCUT2D eigenvalue weighted by molar-refractivity contribution is 0.475. The van der Waals surface area contributed by atoms with Gasteiger partial charge in [0.25, 0.3) is 0 Å². The normalized spacial score (nSPS) is 10.7. The molecule has 0 amide bonds. The summed E-state index contributed by atoms with van der Waals surface area (Å²) in [6.07, 6.45) is 0. The van der Waals surface area contributed by atoms with Crippen molar-refractivity contribution in [3.63, 3.8) is 0 Å². The fourth-order valence-electron chi connectivity index (χ4n) is 2.15. The Hall–Kier alpha value is -1.99.